The highest BCUT2D eigenvalue weighted by molar-refractivity contribution is 4.99. The van der Waals surface area contributed by atoms with Gasteiger partial charge in [0.05, 0.1) is 32.6 Å². The Morgan fingerprint density at radius 2 is 2.16 bits per heavy atom. The SMILES string of the molecule is OCc1cn(C[C@@]2(O)CO[C@H](CO)[C@@H](O)[C@@H]2O)nn1. The van der Waals surface area contributed by atoms with Crippen LogP contribution in [0.25, 0.3) is 0 Å². The maximum atomic E-state index is 10.3. The molecule has 1 saturated heterocycles. The lowest BCUT2D eigenvalue weighted by molar-refractivity contribution is -0.244. The molecule has 0 spiro atoms. The topological polar surface area (TPSA) is 141 Å². The first kappa shape index (κ1) is 14.3. The molecule has 9 nitrogen and oxygen atoms in total. The minimum atomic E-state index is -1.74. The average Bonchev–Trinajstić information content (AvgIpc) is 2.84. The van der Waals surface area contributed by atoms with Gasteiger partial charge in [-0.3, -0.25) is 0 Å². The third kappa shape index (κ3) is 2.76. The number of rotatable bonds is 4. The summed E-state index contributed by atoms with van der Waals surface area (Å²) >= 11 is 0. The monoisotopic (exact) mass is 275 g/mol. The van der Waals surface area contributed by atoms with Crippen molar-refractivity contribution in [3.8, 4) is 0 Å². The molecule has 2 heterocycles. The molecule has 5 N–H and O–H groups in total. The van der Waals surface area contributed by atoms with Gasteiger partial charge in [0.25, 0.3) is 0 Å². The zero-order valence-electron chi connectivity index (χ0n) is 10.1. The van der Waals surface area contributed by atoms with E-state index in [1.807, 2.05) is 0 Å². The van der Waals surface area contributed by atoms with Crippen LogP contribution in [0, 0.1) is 0 Å². The Bertz CT molecular complexity index is 427. The lowest BCUT2D eigenvalue weighted by atomic mass is 9.88. The first-order valence-electron chi connectivity index (χ1n) is 5.81. The van der Waals surface area contributed by atoms with Gasteiger partial charge < -0.3 is 30.3 Å². The number of hydrogen-bond donors (Lipinski definition) is 5. The number of hydrogen-bond acceptors (Lipinski definition) is 8. The lowest BCUT2D eigenvalue weighted by Gasteiger charge is -2.42. The van der Waals surface area contributed by atoms with Crippen molar-refractivity contribution in [1.82, 2.24) is 15.0 Å². The molecule has 1 aliphatic rings. The first-order valence-corrected chi connectivity index (χ1v) is 5.81. The molecular weight excluding hydrogens is 258 g/mol. The van der Waals surface area contributed by atoms with E-state index in [-0.39, 0.29) is 19.8 Å². The van der Waals surface area contributed by atoms with Crippen molar-refractivity contribution in [2.24, 2.45) is 0 Å². The van der Waals surface area contributed by atoms with Crippen molar-refractivity contribution in [2.45, 2.75) is 37.1 Å². The van der Waals surface area contributed by atoms with E-state index < -0.39 is 30.5 Å². The van der Waals surface area contributed by atoms with Crippen LogP contribution in [0.1, 0.15) is 5.69 Å². The second kappa shape index (κ2) is 5.49. The average molecular weight is 275 g/mol. The highest BCUT2D eigenvalue weighted by Gasteiger charge is 2.48. The zero-order chi connectivity index (χ0) is 14.0. The van der Waals surface area contributed by atoms with Gasteiger partial charge in [-0.2, -0.15) is 0 Å². The first-order chi connectivity index (χ1) is 9.00. The summed E-state index contributed by atoms with van der Waals surface area (Å²) in [5, 5.41) is 55.0. The summed E-state index contributed by atoms with van der Waals surface area (Å²) in [4.78, 5) is 0. The fourth-order valence-electron chi connectivity index (χ4n) is 2.03. The highest BCUT2D eigenvalue weighted by Crippen LogP contribution is 2.25. The van der Waals surface area contributed by atoms with E-state index in [0.29, 0.717) is 5.69 Å². The van der Waals surface area contributed by atoms with Crippen LogP contribution in [0.4, 0.5) is 0 Å². The van der Waals surface area contributed by atoms with Gasteiger partial charge in [-0.05, 0) is 0 Å². The zero-order valence-corrected chi connectivity index (χ0v) is 10.1. The van der Waals surface area contributed by atoms with Gasteiger partial charge in [0.15, 0.2) is 0 Å². The fraction of sp³-hybridized carbons (Fsp3) is 0.800. The summed E-state index contributed by atoms with van der Waals surface area (Å²) in [6, 6.07) is 0. The van der Waals surface area contributed by atoms with Gasteiger partial charge in [-0.1, -0.05) is 5.21 Å². The van der Waals surface area contributed by atoms with Crippen molar-refractivity contribution >= 4 is 0 Å². The summed E-state index contributed by atoms with van der Waals surface area (Å²) in [7, 11) is 0. The minimum absolute atomic E-state index is 0.156. The summed E-state index contributed by atoms with van der Waals surface area (Å²) in [6.07, 6.45) is -2.40. The molecule has 9 heteroatoms. The largest absolute Gasteiger partial charge is 0.394 e. The third-order valence-corrected chi connectivity index (χ3v) is 3.17. The van der Waals surface area contributed by atoms with E-state index in [4.69, 9.17) is 14.9 Å². The van der Waals surface area contributed by atoms with Crippen LogP contribution in [0.2, 0.25) is 0 Å². The number of nitrogens with zero attached hydrogens (tertiary/aromatic N) is 3. The molecule has 1 aromatic heterocycles. The molecule has 0 amide bonds. The van der Waals surface area contributed by atoms with E-state index in [1.54, 1.807) is 0 Å². The van der Waals surface area contributed by atoms with Crippen LogP contribution in [-0.4, -0.2) is 77.7 Å². The molecule has 1 fully saturated rings. The van der Waals surface area contributed by atoms with Crippen LogP contribution in [0.5, 0.6) is 0 Å². The van der Waals surface area contributed by atoms with Crippen LogP contribution in [0.15, 0.2) is 6.20 Å². The van der Waals surface area contributed by atoms with Crippen LogP contribution < -0.4 is 0 Å². The van der Waals surface area contributed by atoms with E-state index >= 15 is 0 Å². The number of aliphatic hydroxyl groups excluding tert-OH is 4. The van der Waals surface area contributed by atoms with Crippen LogP contribution in [-0.2, 0) is 17.9 Å². The standard InChI is InChI=1S/C10H17N3O6/c14-2-6-1-13(12-11-6)4-10(18)5-19-7(3-15)8(16)9(10)17/h1,7-9,14-18H,2-5H2/t7-,8-,9+,10-/m1/s1. The van der Waals surface area contributed by atoms with E-state index in [1.165, 1.54) is 10.9 Å². The van der Waals surface area contributed by atoms with E-state index in [9.17, 15) is 15.3 Å². The molecule has 2 rings (SSSR count). The Morgan fingerprint density at radius 1 is 1.42 bits per heavy atom. The smallest absolute Gasteiger partial charge is 0.136 e. The number of aliphatic hydroxyl groups is 5. The van der Waals surface area contributed by atoms with Gasteiger partial charge in [0, 0.05) is 0 Å². The predicted molar refractivity (Wildman–Crippen MR) is 59.7 cm³/mol. The van der Waals surface area contributed by atoms with Gasteiger partial charge in [0.1, 0.15) is 29.6 Å². The molecular formula is C10H17N3O6. The molecule has 19 heavy (non-hydrogen) atoms. The molecule has 0 radical (unpaired) electrons. The normalized spacial score (nSPS) is 35.5. The van der Waals surface area contributed by atoms with Gasteiger partial charge in [-0.25, -0.2) is 4.68 Å². The lowest BCUT2D eigenvalue weighted by Crippen LogP contribution is -2.63. The van der Waals surface area contributed by atoms with Crippen molar-refractivity contribution in [3.63, 3.8) is 0 Å². The molecule has 1 aromatic rings. The van der Waals surface area contributed by atoms with Crippen LogP contribution >= 0.6 is 0 Å². The number of aromatic nitrogens is 3. The summed E-state index contributed by atoms with van der Waals surface area (Å²) < 4.78 is 6.35. The van der Waals surface area contributed by atoms with E-state index in [2.05, 4.69) is 10.3 Å². The molecule has 0 unspecified atom stereocenters. The van der Waals surface area contributed by atoms with Crippen molar-refractivity contribution in [2.75, 3.05) is 13.2 Å². The Balaban J connectivity index is 2.09. The fourth-order valence-corrected chi connectivity index (χ4v) is 2.03. The third-order valence-electron chi connectivity index (χ3n) is 3.17. The van der Waals surface area contributed by atoms with Crippen molar-refractivity contribution in [1.29, 1.82) is 0 Å². The summed E-state index contributed by atoms with van der Waals surface area (Å²) in [5.41, 5.74) is -1.42. The summed E-state index contributed by atoms with van der Waals surface area (Å²) in [5.74, 6) is 0. The molecule has 4 atom stereocenters. The van der Waals surface area contributed by atoms with Gasteiger partial charge >= 0.3 is 0 Å². The molecule has 0 bridgehead atoms. The molecule has 108 valence electrons. The Morgan fingerprint density at radius 3 is 2.74 bits per heavy atom. The molecule has 0 aliphatic carbocycles. The minimum Gasteiger partial charge on any atom is -0.394 e. The highest BCUT2D eigenvalue weighted by atomic mass is 16.5. The summed E-state index contributed by atoms with van der Waals surface area (Å²) in [6.45, 7) is -1.15. The molecule has 0 saturated carbocycles. The van der Waals surface area contributed by atoms with Crippen molar-refractivity contribution < 1.29 is 30.3 Å². The van der Waals surface area contributed by atoms with Gasteiger partial charge in [0.2, 0.25) is 0 Å². The Labute approximate surface area is 108 Å². The maximum Gasteiger partial charge on any atom is 0.136 e. The predicted octanol–water partition coefficient (Wildman–Crippen LogP) is -3.39. The van der Waals surface area contributed by atoms with E-state index in [0.717, 1.165) is 0 Å². The number of ether oxygens (including phenoxy) is 1. The Hall–Kier alpha value is -1.10. The molecule has 1 aliphatic heterocycles. The van der Waals surface area contributed by atoms with Crippen molar-refractivity contribution in [3.05, 3.63) is 11.9 Å². The quantitative estimate of drug-likeness (QED) is 0.383. The maximum absolute atomic E-state index is 10.3. The second-order valence-corrected chi connectivity index (χ2v) is 4.64. The Kier molecular flexibility index (Phi) is 4.13. The van der Waals surface area contributed by atoms with Crippen LogP contribution in [0.3, 0.4) is 0 Å². The second-order valence-electron chi connectivity index (χ2n) is 4.64. The molecule has 0 aromatic carbocycles. The van der Waals surface area contributed by atoms with Gasteiger partial charge in [-0.15, -0.1) is 5.10 Å².